The summed E-state index contributed by atoms with van der Waals surface area (Å²) in [5.41, 5.74) is 0.450. The van der Waals surface area contributed by atoms with Gasteiger partial charge in [-0.2, -0.15) is 0 Å². The molecule has 1 amide bonds. The van der Waals surface area contributed by atoms with E-state index < -0.39 is 0 Å². The van der Waals surface area contributed by atoms with Crippen molar-refractivity contribution in [2.45, 2.75) is 64.1 Å². The summed E-state index contributed by atoms with van der Waals surface area (Å²) in [4.78, 5) is 12.6. The molecule has 1 saturated heterocycles. The number of ether oxygens (including phenoxy) is 1. The zero-order chi connectivity index (χ0) is 17.2. The lowest BCUT2D eigenvalue weighted by molar-refractivity contribution is -0.120. The van der Waals surface area contributed by atoms with Gasteiger partial charge in [-0.3, -0.25) is 4.79 Å². The molecule has 1 aromatic rings. The highest BCUT2D eigenvalue weighted by Gasteiger charge is 2.53. The summed E-state index contributed by atoms with van der Waals surface area (Å²) in [6.45, 7) is 6.31. The van der Waals surface area contributed by atoms with Crippen molar-refractivity contribution in [3.8, 4) is 0 Å². The van der Waals surface area contributed by atoms with E-state index in [9.17, 15) is 4.79 Å². The van der Waals surface area contributed by atoms with Crippen LogP contribution in [-0.4, -0.2) is 53.2 Å². The number of amides is 1. The molecule has 0 spiro atoms. The first kappa shape index (κ1) is 17.4. The largest absolute Gasteiger partial charge is 0.381 e. The maximum Gasteiger partial charge on any atom is 0.273 e. The van der Waals surface area contributed by atoms with Crippen molar-refractivity contribution in [2.75, 3.05) is 20.2 Å². The van der Waals surface area contributed by atoms with Crippen LogP contribution in [0.3, 0.4) is 0 Å². The molecule has 2 unspecified atom stereocenters. The molecule has 134 valence electrons. The lowest BCUT2D eigenvalue weighted by atomic mass is 9.58. The summed E-state index contributed by atoms with van der Waals surface area (Å²) >= 11 is 0. The minimum Gasteiger partial charge on any atom is -0.381 e. The second-order valence-electron chi connectivity index (χ2n) is 6.99. The van der Waals surface area contributed by atoms with Crippen molar-refractivity contribution in [2.24, 2.45) is 5.41 Å². The Morgan fingerprint density at radius 3 is 2.75 bits per heavy atom. The van der Waals surface area contributed by atoms with Crippen LogP contribution >= 0.6 is 0 Å². The zero-order valence-electron chi connectivity index (χ0n) is 14.9. The average Bonchev–Trinajstić information content (AvgIpc) is 3.10. The van der Waals surface area contributed by atoms with Crippen LogP contribution in [0.4, 0.5) is 0 Å². The van der Waals surface area contributed by atoms with Crippen molar-refractivity contribution < 1.29 is 9.53 Å². The molecule has 7 nitrogen and oxygen atoms in total. The molecule has 2 atom stereocenters. The number of carbonyl (C=O) groups is 1. The van der Waals surface area contributed by atoms with E-state index in [0.29, 0.717) is 11.7 Å². The quantitative estimate of drug-likeness (QED) is 0.824. The smallest absolute Gasteiger partial charge is 0.273 e. The van der Waals surface area contributed by atoms with Gasteiger partial charge in [0, 0.05) is 18.6 Å². The first-order valence-electron chi connectivity index (χ1n) is 9.10. The lowest BCUT2D eigenvalue weighted by Gasteiger charge is -2.55. The fraction of sp³-hybridized carbons (Fsp3) is 0.824. The molecule has 0 bridgehead atoms. The van der Waals surface area contributed by atoms with Crippen LogP contribution in [0.2, 0.25) is 0 Å². The first-order chi connectivity index (χ1) is 11.6. The summed E-state index contributed by atoms with van der Waals surface area (Å²) in [6, 6.07) is 0.487. The van der Waals surface area contributed by atoms with Gasteiger partial charge in [-0.1, -0.05) is 19.1 Å². The summed E-state index contributed by atoms with van der Waals surface area (Å²) in [7, 11) is 1.76. The van der Waals surface area contributed by atoms with Gasteiger partial charge in [0.2, 0.25) is 0 Å². The van der Waals surface area contributed by atoms with E-state index in [-0.39, 0.29) is 23.5 Å². The molecular weight excluding hydrogens is 306 g/mol. The fourth-order valence-corrected chi connectivity index (χ4v) is 4.34. The van der Waals surface area contributed by atoms with Crippen LogP contribution in [0.25, 0.3) is 0 Å². The van der Waals surface area contributed by atoms with Crippen molar-refractivity contribution in [3.63, 3.8) is 0 Å². The zero-order valence-corrected chi connectivity index (χ0v) is 14.9. The van der Waals surface area contributed by atoms with Gasteiger partial charge in [0.25, 0.3) is 5.91 Å². The molecule has 1 aliphatic carbocycles. The Bertz CT molecular complexity index is 563. The molecule has 0 radical (unpaired) electrons. The molecule has 2 fully saturated rings. The Kier molecular flexibility index (Phi) is 5.20. The van der Waals surface area contributed by atoms with Gasteiger partial charge in [0.05, 0.1) is 18.3 Å². The molecular formula is C17H29N5O2. The second kappa shape index (κ2) is 7.19. The van der Waals surface area contributed by atoms with Crippen LogP contribution in [0.15, 0.2) is 6.20 Å². The molecule has 24 heavy (non-hydrogen) atoms. The molecule has 2 aliphatic rings. The van der Waals surface area contributed by atoms with Gasteiger partial charge < -0.3 is 15.4 Å². The second-order valence-corrected chi connectivity index (χ2v) is 6.99. The van der Waals surface area contributed by atoms with E-state index in [1.165, 1.54) is 0 Å². The number of nitrogens with zero attached hydrogens (tertiary/aromatic N) is 3. The normalized spacial score (nSPS) is 26.8. The standard InChI is InChI=1S/C17H29N5O2/c1-4-17(5-2)14(10-15(17)24-3)19-16(23)13-11-22(21-20-13)12-6-8-18-9-7-12/h11-12,14-15,18H,4-10H2,1-3H3,(H,19,23). The number of methoxy groups -OCH3 is 1. The molecule has 1 aromatic heterocycles. The maximum absolute atomic E-state index is 12.6. The van der Waals surface area contributed by atoms with Gasteiger partial charge >= 0.3 is 0 Å². The highest BCUT2D eigenvalue weighted by molar-refractivity contribution is 5.92. The van der Waals surface area contributed by atoms with Crippen LogP contribution in [0, 0.1) is 5.41 Å². The fourth-order valence-electron chi connectivity index (χ4n) is 4.34. The van der Waals surface area contributed by atoms with Crippen molar-refractivity contribution in [3.05, 3.63) is 11.9 Å². The first-order valence-corrected chi connectivity index (χ1v) is 9.10. The Hall–Kier alpha value is -1.47. The van der Waals surface area contributed by atoms with Crippen LogP contribution in [0.5, 0.6) is 0 Å². The third-order valence-electron chi connectivity index (χ3n) is 6.12. The Morgan fingerprint density at radius 2 is 2.12 bits per heavy atom. The highest BCUT2D eigenvalue weighted by atomic mass is 16.5. The summed E-state index contributed by atoms with van der Waals surface area (Å²) in [6.07, 6.45) is 6.92. The summed E-state index contributed by atoms with van der Waals surface area (Å²) in [5, 5.41) is 14.8. The summed E-state index contributed by atoms with van der Waals surface area (Å²) < 4.78 is 7.44. The molecule has 3 rings (SSSR count). The average molecular weight is 335 g/mol. The van der Waals surface area contributed by atoms with Crippen LogP contribution < -0.4 is 10.6 Å². The molecule has 1 aliphatic heterocycles. The van der Waals surface area contributed by atoms with Crippen molar-refractivity contribution in [1.82, 2.24) is 25.6 Å². The SMILES string of the molecule is CCC1(CC)C(NC(=O)c2cn(C3CCNCC3)nn2)CC1OC. The van der Waals surface area contributed by atoms with E-state index in [0.717, 1.165) is 45.2 Å². The minimum absolute atomic E-state index is 0.0371. The number of piperidine rings is 1. The van der Waals surface area contributed by atoms with E-state index in [1.807, 2.05) is 4.68 Å². The highest BCUT2D eigenvalue weighted by Crippen LogP contribution is 2.48. The number of hydrogen-bond donors (Lipinski definition) is 2. The monoisotopic (exact) mass is 335 g/mol. The summed E-state index contributed by atoms with van der Waals surface area (Å²) in [5.74, 6) is -0.124. The number of carbonyl (C=O) groups excluding carboxylic acids is 1. The number of hydrogen-bond acceptors (Lipinski definition) is 5. The van der Waals surface area contributed by atoms with Gasteiger partial charge in [0.1, 0.15) is 0 Å². The van der Waals surface area contributed by atoms with E-state index in [1.54, 1.807) is 13.3 Å². The Morgan fingerprint density at radius 1 is 1.42 bits per heavy atom. The lowest BCUT2D eigenvalue weighted by Crippen LogP contribution is -2.64. The molecule has 1 saturated carbocycles. The van der Waals surface area contributed by atoms with E-state index in [2.05, 4.69) is 34.8 Å². The predicted molar refractivity (Wildman–Crippen MR) is 90.8 cm³/mol. The topological polar surface area (TPSA) is 81.1 Å². The third-order valence-corrected chi connectivity index (χ3v) is 6.12. The molecule has 2 N–H and O–H groups in total. The van der Waals surface area contributed by atoms with Gasteiger partial charge in [0.15, 0.2) is 5.69 Å². The predicted octanol–water partition coefficient (Wildman–Crippen LogP) is 1.53. The van der Waals surface area contributed by atoms with Crippen LogP contribution in [-0.2, 0) is 4.74 Å². The number of rotatable bonds is 6. The van der Waals surface area contributed by atoms with Gasteiger partial charge in [-0.25, -0.2) is 4.68 Å². The van der Waals surface area contributed by atoms with E-state index in [4.69, 9.17) is 4.74 Å². The minimum atomic E-state index is -0.124. The van der Waals surface area contributed by atoms with Crippen molar-refractivity contribution >= 4 is 5.91 Å². The number of aromatic nitrogens is 3. The molecule has 2 heterocycles. The Labute approximate surface area is 143 Å². The Balaban J connectivity index is 1.64. The third kappa shape index (κ3) is 2.95. The molecule has 0 aromatic carbocycles. The van der Waals surface area contributed by atoms with Crippen molar-refractivity contribution in [1.29, 1.82) is 0 Å². The molecule has 7 heteroatoms. The van der Waals surface area contributed by atoms with Gasteiger partial charge in [-0.15, -0.1) is 5.10 Å². The van der Waals surface area contributed by atoms with Crippen LogP contribution in [0.1, 0.15) is 62.5 Å². The van der Waals surface area contributed by atoms with Gasteiger partial charge in [-0.05, 0) is 45.2 Å². The van der Waals surface area contributed by atoms with E-state index >= 15 is 0 Å². The number of nitrogens with one attached hydrogen (secondary N) is 2. The maximum atomic E-state index is 12.6.